The third-order valence-corrected chi connectivity index (χ3v) is 11.3. The molecule has 0 atom stereocenters. The number of carbonyl (C=O) groups is 1. The Hall–Kier alpha value is -4.64. The molecule has 45 heavy (non-hydrogen) atoms. The molecular formula is C34H32N8O2S. The number of carboxylic acids is 1. The van der Waals surface area contributed by atoms with Crippen LogP contribution in [0.25, 0.3) is 38.1 Å². The van der Waals surface area contributed by atoms with Gasteiger partial charge in [-0.25, -0.2) is 14.3 Å². The number of benzene rings is 1. The first-order chi connectivity index (χ1) is 21.9. The average Bonchev–Trinajstić information content (AvgIpc) is 3.73. The Morgan fingerprint density at radius 2 is 1.69 bits per heavy atom. The maximum atomic E-state index is 12.7. The van der Waals surface area contributed by atoms with Crippen molar-refractivity contribution in [3.63, 3.8) is 0 Å². The first-order valence-electron chi connectivity index (χ1n) is 15.6. The number of thiazole rings is 1. The molecule has 10 rings (SSSR count). The number of pyridine rings is 1. The van der Waals surface area contributed by atoms with Crippen LogP contribution in [0.5, 0.6) is 0 Å². The SMILES string of the molecule is Cc1c(-c2ccc3c(-c4ccc(Nc5nc6ccccc6s5)nn4)cnn3c2C(=O)O)cnn1CC12CC3CC(CC(C3)C1)C2. The van der Waals surface area contributed by atoms with E-state index in [0.29, 0.717) is 33.6 Å². The van der Waals surface area contributed by atoms with Crippen LogP contribution in [0.4, 0.5) is 10.9 Å². The molecule has 226 valence electrons. The Morgan fingerprint density at radius 1 is 0.933 bits per heavy atom. The van der Waals surface area contributed by atoms with Crippen LogP contribution in [0.3, 0.4) is 0 Å². The molecule has 10 nitrogen and oxygen atoms in total. The van der Waals surface area contributed by atoms with Gasteiger partial charge in [-0.15, -0.1) is 10.2 Å². The van der Waals surface area contributed by atoms with Crippen LogP contribution >= 0.6 is 11.3 Å². The highest BCUT2D eigenvalue weighted by molar-refractivity contribution is 7.22. The maximum absolute atomic E-state index is 12.7. The molecule has 4 fully saturated rings. The summed E-state index contributed by atoms with van der Waals surface area (Å²) in [5, 5.41) is 32.5. The second kappa shape index (κ2) is 9.93. The first kappa shape index (κ1) is 26.7. The molecule has 0 spiro atoms. The highest BCUT2D eigenvalue weighted by atomic mass is 32.1. The van der Waals surface area contributed by atoms with E-state index in [1.807, 2.05) is 54.7 Å². The van der Waals surface area contributed by atoms with E-state index in [0.717, 1.165) is 50.9 Å². The van der Waals surface area contributed by atoms with Crippen LogP contribution in [-0.2, 0) is 6.54 Å². The van der Waals surface area contributed by atoms with Gasteiger partial charge in [-0.2, -0.15) is 10.2 Å². The lowest BCUT2D eigenvalue weighted by Gasteiger charge is -2.56. The number of rotatable bonds is 7. The molecule has 4 saturated carbocycles. The van der Waals surface area contributed by atoms with Crippen LogP contribution in [0, 0.1) is 30.1 Å². The van der Waals surface area contributed by atoms with Gasteiger partial charge in [0.25, 0.3) is 0 Å². The molecule has 4 aliphatic carbocycles. The maximum Gasteiger partial charge on any atom is 0.355 e. The summed E-state index contributed by atoms with van der Waals surface area (Å²) in [6, 6.07) is 15.4. The van der Waals surface area contributed by atoms with Gasteiger partial charge in [-0.05, 0) is 105 Å². The van der Waals surface area contributed by atoms with Crippen molar-refractivity contribution in [2.24, 2.45) is 23.2 Å². The Morgan fingerprint density at radius 3 is 2.40 bits per heavy atom. The summed E-state index contributed by atoms with van der Waals surface area (Å²) in [6.45, 7) is 2.98. The van der Waals surface area contributed by atoms with E-state index < -0.39 is 5.97 Å². The summed E-state index contributed by atoms with van der Waals surface area (Å²) in [6.07, 6.45) is 11.6. The van der Waals surface area contributed by atoms with Gasteiger partial charge < -0.3 is 10.4 Å². The predicted molar refractivity (Wildman–Crippen MR) is 173 cm³/mol. The van der Waals surface area contributed by atoms with Crippen molar-refractivity contribution in [3.05, 3.63) is 72.3 Å². The number of nitrogens with zero attached hydrogens (tertiary/aromatic N) is 7. The summed E-state index contributed by atoms with van der Waals surface area (Å²) in [4.78, 5) is 17.3. The van der Waals surface area contributed by atoms with Crippen molar-refractivity contribution in [1.82, 2.24) is 34.6 Å². The molecule has 6 aromatic rings. The van der Waals surface area contributed by atoms with Crippen molar-refractivity contribution >= 4 is 44.0 Å². The highest BCUT2D eigenvalue weighted by Gasteiger charge is 2.51. The Bertz CT molecular complexity index is 2040. The van der Waals surface area contributed by atoms with Crippen LogP contribution in [0.1, 0.15) is 54.7 Å². The zero-order valence-electron chi connectivity index (χ0n) is 24.8. The van der Waals surface area contributed by atoms with Gasteiger partial charge in [0.1, 0.15) is 0 Å². The highest BCUT2D eigenvalue weighted by Crippen LogP contribution is 2.60. The van der Waals surface area contributed by atoms with Crippen LogP contribution in [0.2, 0.25) is 0 Å². The lowest BCUT2D eigenvalue weighted by molar-refractivity contribution is -0.0638. The predicted octanol–water partition coefficient (Wildman–Crippen LogP) is 7.23. The molecule has 4 aliphatic rings. The van der Waals surface area contributed by atoms with Crippen molar-refractivity contribution < 1.29 is 9.90 Å². The van der Waals surface area contributed by atoms with E-state index in [2.05, 4.69) is 37.2 Å². The fourth-order valence-corrected chi connectivity index (χ4v) is 9.79. The second-order valence-corrected chi connectivity index (χ2v) is 14.4. The lowest BCUT2D eigenvalue weighted by Crippen LogP contribution is -2.48. The van der Waals surface area contributed by atoms with E-state index >= 15 is 0 Å². The average molecular weight is 617 g/mol. The number of aromatic carboxylic acids is 1. The molecule has 2 N–H and O–H groups in total. The Balaban J connectivity index is 1.01. The smallest absolute Gasteiger partial charge is 0.355 e. The summed E-state index contributed by atoms with van der Waals surface area (Å²) in [5.74, 6) is 2.15. The van der Waals surface area contributed by atoms with E-state index in [1.165, 1.54) is 43.0 Å². The van der Waals surface area contributed by atoms with Crippen LogP contribution in [-0.4, -0.2) is 45.7 Å². The van der Waals surface area contributed by atoms with Gasteiger partial charge in [-0.3, -0.25) is 4.68 Å². The number of para-hydroxylation sites is 1. The van der Waals surface area contributed by atoms with Crippen molar-refractivity contribution in [2.75, 3.05) is 5.32 Å². The van der Waals surface area contributed by atoms with E-state index in [4.69, 9.17) is 5.10 Å². The zero-order chi connectivity index (χ0) is 30.3. The van der Waals surface area contributed by atoms with E-state index in [-0.39, 0.29) is 5.69 Å². The minimum Gasteiger partial charge on any atom is -0.476 e. The molecule has 0 saturated heterocycles. The number of anilines is 2. The molecule has 5 aromatic heterocycles. The first-order valence-corrected chi connectivity index (χ1v) is 16.5. The molecule has 4 bridgehead atoms. The van der Waals surface area contributed by atoms with Gasteiger partial charge in [0.2, 0.25) is 0 Å². The minimum atomic E-state index is -1.04. The largest absolute Gasteiger partial charge is 0.476 e. The molecule has 0 aliphatic heterocycles. The number of carboxylic acid groups (broad SMARTS) is 1. The van der Waals surface area contributed by atoms with Gasteiger partial charge >= 0.3 is 5.97 Å². The van der Waals surface area contributed by atoms with Crippen molar-refractivity contribution in [3.8, 4) is 22.4 Å². The summed E-state index contributed by atoms with van der Waals surface area (Å²) in [5.41, 5.74) is 5.78. The zero-order valence-corrected chi connectivity index (χ0v) is 25.7. The lowest BCUT2D eigenvalue weighted by atomic mass is 9.49. The number of nitrogens with one attached hydrogen (secondary N) is 1. The summed E-state index contributed by atoms with van der Waals surface area (Å²) in [7, 11) is 0. The normalized spacial score (nSPS) is 23.7. The molecule has 1 aromatic carbocycles. The van der Waals surface area contributed by atoms with Gasteiger partial charge in [-0.1, -0.05) is 23.5 Å². The van der Waals surface area contributed by atoms with Crippen LogP contribution < -0.4 is 5.32 Å². The standard InChI is InChI=1S/C34H32N8O2S/c1-19-24(16-35-41(19)18-34-13-20-10-21(14-34)12-22(11-20)15-34)23-6-8-28-25(17-36-42(28)31(23)32(43)44)26-7-9-30(40-39-26)38-33-37-27-4-2-3-5-29(27)45-33/h2-9,16-17,20-22H,10-15,18H2,1H3,(H,43,44)(H,37,38,40). The van der Waals surface area contributed by atoms with Gasteiger partial charge in [0, 0.05) is 28.9 Å². The van der Waals surface area contributed by atoms with E-state index in [1.54, 1.807) is 17.5 Å². The Labute approximate surface area is 263 Å². The van der Waals surface area contributed by atoms with Crippen molar-refractivity contribution in [1.29, 1.82) is 0 Å². The molecule has 0 unspecified atom stereocenters. The molecule has 0 radical (unpaired) electrons. The van der Waals surface area contributed by atoms with Gasteiger partial charge in [0.15, 0.2) is 16.6 Å². The van der Waals surface area contributed by atoms with Crippen molar-refractivity contribution in [2.45, 2.75) is 52.0 Å². The summed E-state index contributed by atoms with van der Waals surface area (Å²) >= 11 is 1.55. The third-order valence-electron chi connectivity index (χ3n) is 10.4. The second-order valence-electron chi connectivity index (χ2n) is 13.4. The molecule has 11 heteroatoms. The summed E-state index contributed by atoms with van der Waals surface area (Å²) < 4.78 is 4.72. The number of aromatic nitrogens is 7. The van der Waals surface area contributed by atoms with Gasteiger partial charge in [0.05, 0.1) is 33.8 Å². The van der Waals surface area contributed by atoms with E-state index in [9.17, 15) is 9.90 Å². The quantitative estimate of drug-likeness (QED) is 0.193. The fraction of sp³-hybridized carbons (Fsp3) is 0.353. The third kappa shape index (κ3) is 4.43. The minimum absolute atomic E-state index is 0.110. The molecule has 5 heterocycles. The monoisotopic (exact) mass is 616 g/mol. The topological polar surface area (TPSA) is 123 Å². The molecular weight excluding hydrogens is 584 g/mol. The fourth-order valence-electron chi connectivity index (χ4n) is 8.92. The number of hydrogen-bond acceptors (Lipinski definition) is 8. The number of hydrogen-bond donors (Lipinski definition) is 2. The number of fused-ring (bicyclic) bond motifs is 2. The molecule has 0 amide bonds. The van der Waals surface area contributed by atoms with Crippen LogP contribution in [0.15, 0.2) is 60.9 Å². The Kier molecular flexibility index (Phi) is 5.90.